The summed E-state index contributed by atoms with van der Waals surface area (Å²) < 4.78 is 0.252. The molecule has 1 saturated heterocycles. The Hall–Kier alpha value is 1.32. The van der Waals surface area contributed by atoms with Crippen LogP contribution in [0.5, 0.6) is 0 Å². The molecular weight excluding hydrogens is 337 g/mol. The van der Waals surface area contributed by atoms with Crippen LogP contribution in [0.4, 0.5) is 0 Å². The number of hydrogen-bond acceptors (Lipinski definition) is 6. The van der Waals surface area contributed by atoms with Gasteiger partial charge in [0.25, 0.3) is 0 Å². The number of hydrogen-bond donors (Lipinski definition) is 3. The third-order valence-corrected chi connectivity index (χ3v) is 8.63. The highest BCUT2D eigenvalue weighted by atomic mass is 33.5. The molecule has 1 aliphatic heterocycles. The van der Waals surface area contributed by atoms with Gasteiger partial charge in [0.1, 0.15) is 0 Å². The second-order valence-corrected chi connectivity index (χ2v) is 9.42. The van der Waals surface area contributed by atoms with Gasteiger partial charge in [-0.25, -0.2) is 0 Å². The van der Waals surface area contributed by atoms with Gasteiger partial charge in [0.05, 0.1) is 0 Å². The van der Waals surface area contributed by atoms with E-state index >= 15 is 0 Å². The molecule has 18 heavy (non-hydrogen) atoms. The van der Waals surface area contributed by atoms with Crippen molar-refractivity contribution in [2.75, 3.05) is 5.75 Å². The molecule has 1 heterocycles. The van der Waals surface area contributed by atoms with Crippen molar-refractivity contribution in [1.29, 1.82) is 0 Å². The quantitative estimate of drug-likeness (QED) is 0.402. The molecule has 6 heteroatoms. The first kappa shape index (κ1) is 17.4. The van der Waals surface area contributed by atoms with Gasteiger partial charge in [-0.1, -0.05) is 39.8 Å². The molecule has 0 radical (unpaired) electrons. The van der Waals surface area contributed by atoms with Crippen LogP contribution in [0.15, 0.2) is 34.5 Å². The number of thiol groups is 3. The Balaban J connectivity index is 2.84. The molecule has 0 N–H and O–H groups in total. The third kappa shape index (κ3) is 5.37. The van der Waals surface area contributed by atoms with Crippen molar-refractivity contribution < 1.29 is 0 Å². The fourth-order valence-electron chi connectivity index (χ4n) is 1.92. The summed E-state index contributed by atoms with van der Waals surface area (Å²) in [5.74, 6) is 1.85. The van der Waals surface area contributed by atoms with Gasteiger partial charge in [-0.15, -0.1) is 0 Å². The van der Waals surface area contributed by atoms with E-state index in [-0.39, 0.29) is 4.75 Å². The van der Waals surface area contributed by atoms with Crippen molar-refractivity contribution in [3.05, 3.63) is 34.5 Å². The maximum atomic E-state index is 4.19. The summed E-state index contributed by atoms with van der Waals surface area (Å²) >= 11 is 12.5. The number of allylic oxidation sites excluding steroid dienone is 3. The lowest BCUT2D eigenvalue weighted by Gasteiger charge is -2.41. The molecule has 0 aromatic heterocycles. The van der Waals surface area contributed by atoms with Crippen LogP contribution in [0.1, 0.15) is 19.3 Å². The highest BCUT2D eigenvalue weighted by molar-refractivity contribution is 9.09. The van der Waals surface area contributed by atoms with E-state index in [0.717, 1.165) is 19.3 Å². The van der Waals surface area contributed by atoms with Crippen LogP contribution in [-0.4, -0.2) is 10.5 Å². The molecule has 1 atom stereocenters. The fourth-order valence-corrected chi connectivity index (χ4v) is 8.04. The van der Waals surface area contributed by atoms with Crippen molar-refractivity contribution in [3.8, 4) is 0 Å². The van der Waals surface area contributed by atoms with Crippen molar-refractivity contribution in [2.45, 2.75) is 24.0 Å². The summed E-state index contributed by atoms with van der Waals surface area (Å²) in [5, 5.41) is 5.56. The molecule has 0 nitrogen and oxygen atoms in total. The van der Waals surface area contributed by atoms with Crippen molar-refractivity contribution >= 4 is 69.3 Å². The van der Waals surface area contributed by atoms with Crippen LogP contribution in [0, 0.1) is 5.92 Å². The zero-order valence-corrected chi connectivity index (χ0v) is 15.1. The van der Waals surface area contributed by atoms with Gasteiger partial charge < -0.3 is 0 Å². The summed E-state index contributed by atoms with van der Waals surface area (Å²) in [6.07, 6.45) is 9.68. The van der Waals surface area contributed by atoms with Crippen molar-refractivity contribution in [2.24, 2.45) is 5.92 Å². The molecule has 0 spiro atoms. The largest absolute Gasteiger partial charge is 0.152 e. The molecule has 102 valence electrons. The molecule has 1 fully saturated rings. The lowest BCUT2D eigenvalue weighted by molar-refractivity contribution is 0.421. The number of rotatable bonds is 6. The monoisotopic (exact) mass is 354 g/mol. The Kier molecular flexibility index (Phi) is 9.75. The van der Waals surface area contributed by atoms with Crippen LogP contribution >= 0.6 is 69.3 Å². The van der Waals surface area contributed by atoms with Crippen LogP contribution in [0.25, 0.3) is 0 Å². The Morgan fingerprint density at radius 1 is 1.00 bits per heavy atom. The minimum atomic E-state index is 0.252. The topological polar surface area (TPSA) is 0 Å². The molecule has 0 bridgehead atoms. The van der Waals surface area contributed by atoms with Gasteiger partial charge in [-0.2, -0.15) is 37.9 Å². The van der Waals surface area contributed by atoms with Gasteiger partial charge in [-0.3, -0.25) is 0 Å². The van der Waals surface area contributed by atoms with E-state index in [4.69, 9.17) is 0 Å². The van der Waals surface area contributed by atoms with Crippen molar-refractivity contribution in [1.82, 2.24) is 0 Å². The highest BCUT2D eigenvalue weighted by Gasteiger charge is 2.40. The maximum absolute atomic E-state index is 4.19. The first-order valence-corrected chi connectivity index (χ1v) is 10.8. The van der Waals surface area contributed by atoms with E-state index in [0.29, 0.717) is 5.92 Å². The zero-order valence-electron chi connectivity index (χ0n) is 9.94. The van der Waals surface area contributed by atoms with Crippen molar-refractivity contribution in [3.63, 3.8) is 0 Å². The van der Waals surface area contributed by atoms with Gasteiger partial charge >= 0.3 is 0 Å². The zero-order chi connectivity index (χ0) is 13.3. The average Bonchev–Trinajstić information content (AvgIpc) is 2.42. The lowest BCUT2D eigenvalue weighted by atomic mass is 9.84. The standard InChI is InChI=1S/C12H18S6/c13-7-1-4-11-10-16-18-17-12(11,5-2-8-14)6-3-9-15/h1-3,7-9,11,13-15H,4-6,10H2. The van der Waals surface area contributed by atoms with Gasteiger partial charge in [0.2, 0.25) is 0 Å². The maximum Gasteiger partial charge on any atom is 0.0380 e. The van der Waals surface area contributed by atoms with Crippen LogP contribution in [0.2, 0.25) is 0 Å². The van der Waals surface area contributed by atoms with Gasteiger partial charge in [0, 0.05) is 10.5 Å². The first-order valence-electron chi connectivity index (χ1n) is 5.64. The molecular formula is C12H18S6. The van der Waals surface area contributed by atoms with E-state index in [1.54, 1.807) is 0 Å². The molecule has 0 aromatic rings. The predicted octanol–water partition coefficient (Wildman–Crippen LogP) is 5.89. The molecule has 0 aliphatic carbocycles. The molecule has 1 rings (SSSR count). The Morgan fingerprint density at radius 2 is 1.61 bits per heavy atom. The van der Waals surface area contributed by atoms with Crippen LogP contribution in [-0.2, 0) is 0 Å². The second-order valence-electron chi connectivity index (χ2n) is 4.00. The van der Waals surface area contributed by atoms with E-state index in [1.807, 2.05) is 47.6 Å². The average molecular weight is 355 g/mol. The summed E-state index contributed by atoms with van der Waals surface area (Å²) in [7, 11) is 5.87. The lowest BCUT2D eigenvalue weighted by Crippen LogP contribution is -2.36. The molecule has 0 saturated carbocycles. The minimum Gasteiger partial charge on any atom is -0.152 e. The normalized spacial score (nSPS) is 29.8. The summed E-state index contributed by atoms with van der Waals surface area (Å²) in [4.78, 5) is 0. The van der Waals surface area contributed by atoms with Crippen LogP contribution < -0.4 is 0 Å². The SMILES string of the molecule is SC=CCC1CSSSC1(CC=CS)CC=CS. The van der Waals surface area contributed by atoms with E-state index < -0.39 is 0 Å². The minimum absolute atomic E-state index is 0.252. The molecule has 0 aromatic carbocycles. The van der Waals surface area contributed by atoms with E-state index in [9.17, 15) is 0 Å². The molecule has 1 aliphatic rings. The van der Waals surface area contributed by atoms with E-state index in [2.05, 4.69) is 56.1 Å². The Labute approximate surface area is 138 Å². The predicted molar refractivity (Wildman–Crippen MR) is 102 cm³/mol. The molecule has 1 unspecified atom stereocenters. The Morgan fingerprint density at radius 3 is 2.17 bits per heavy atom. The van der Waals surface area contributed by atoms with Gasteiger partial charge in [0.15, 0.2) is 0 Å². The van der Waals surface area contributed by atoms with Crippen LogP contribution in [0.3, 0.4) is 0 Å². The third-order valence-electron chi connectivity index (χ3n) is 2.92. The fraction of sp³-hybridized carbons (Fsp3) is 0.500. The first-order chi connectivity index (χ1) is 8.79. The molecule has 0 amide bonds. The summed E-state index contributed by atoms with van der Waals surface area (Å²) in [6, 6.07) is 0. The summed E-state index contributed by atoms with van der Waals surface area (Å²) in [6.45, 7) is 0. The Bertz CT molecular complexity index is 296. The summed E-state index contributed by atoms with van der Waals surface area (Å²) in [5.41, 5.74) is 0. The smallest absolute Gasteiger partial charge is 0.0380 e. The van der Waals surface area contributed by atoms with Gasteiger partial charge in [-0.05, 0) is 51.2 Å². The van der Waals surface area contributed by atoms with E-state index in [1.165, 1.54) is 5.75 Å². The second kappa shape index (κ2) is 10.1. The highest BCUT2D eigenvalue weighted by Crippen LogP contribution is 2.58.